The summed E-state index contributed by atoms with van der Waals surface area (Å²) in [4.78, 5) is 15.1. The third-order valence-corrected chi connectivity index (χ3v) is 3.55. The maximum atomic E-state index is 12.8. The van der Waals surface area contributed by atoms with Gasteiger partial charge in [0.25, 0.3) is 0 Å². The molecule has 0 spiro atoms. The summed E-state index contributed by atoms with van der Waals surface area (Å²) in [7, 11) is 1.38. The smallest absolute Gasteiger partial charge is 0.305 e. The molecule has 0 unspecified atom stereocenters. The minimum absolute atomic E-state index is 0.158. The number of rotatable bonds is 8. The number of carbonyl (C=O) groups excluding carboxylic acids is 1. The van der Waals surface area contributed by atoms with Crippen LogP contribution in [0.1, 0.15) is 50.3 Å². The first-order chi connectivity index (χ1) is 10.00. The molecule has 118 valence electrons. The zero-order chi connectivity index (χ0) is 15.3. The molecule has 0 aliphatic heterocycles. The number of methoxy groups -OCH3 is 1. The van der Waals surface area contributed by atoms with E-state index in [0.29, 0.717) is 24.7 Å². The number of anilines is 1. The van der Waals surface area contributed by atoms with Gasteiger partial charge in [0.1, 0.15) is 5.82 Å². The number of halogens is 2. The number of hydrogen-bond donors (Lipinski definition) is 2. The highest BCUT2D eigenvalue weighted by atomic mass is 19.3. The Bertz CT molecular complexity index is 470. The second kappa shape index (κ2) is 6.82. The largest absolute Gasteiger partial charge is 0.469 e. The summed E-state index contributed by atoms with van der Waals surface area (Å²) < 4.78 is 30.1. The van der Waals surface area contributed by atoms with E-state index in [9.17, 15) is 13.6 Å². The molecule has 0 aromatic carbocycles. The number of aromatic nitrogens is 3. The van der Waals surface area contributed by atoms with E-state index in [1.54, 1.807) is 0 Å². The Morgan fingerprint density at radius 1 is 1.43 bits per heavy atom. The van der Waals surface area contributed by atoms with Crippen molar-refractivity contribution in [1.29, 1.82) is 0 Å². The van der Waals surface area contributed by atoms with Gasteiger partial charge < -0.3 is 10.1 Å². The molecule has 1 aliphatic carbocycles. The summed E-state index contributed by atoms with van der Waals surface area (Å²) in [5, 5.41) is 9.70. The molecule has 8 heteroatoms. The lowest BCUT2D eigenvalue weighted by molar-refractivity contribution is -0.140. The van der Waals surface area contributed by atoms with Crippen LogP contribution in [0.5, 0.6) is 0 Å². The van der Waals surface area contributed by atoms with E-state index in [4.69, 9.17) is 0 Å². The minimum atomic E-state index is -2.55. The molecular weight excluding hydrogens is 282 g/mol. The molecule has 1 aliphatic rings. The number of carbonyl (C=O) groups is 1. The van der Waals surface area contributed by atoms with Gasteiger partial charge in [-0.1, -0.05) is 6.42 Å². The second-order valence-electron chi connectivity index (χ2n) is 5.32. The van der Waals surface area contributed by atoms with Crippen LogP contribution >= 0.6 is 0 Å². The fourth-order valence-corrected chi connectivity index (χ4v) is 2.26. The minimum Gasteiger partial charge on any atom is -0.469 e. The maximum Gasteiger partial charge on any atom is 0.305 e. The molecule has 1 saturated carbocycles. The van der Waals surface area contributed by atoms with Gasteiger partial charge in [0.05, 0.1) is 7.11 Å². The van der Waals surface area contributed by atoms with Crippen molar-refractivity contribution >= 4 is 11.9 Å². The molecule has 0 bridgehead atoms. The number of alkyl halides is 2. The van der Waals surface area contributed by atoms with Crippen LogP contribution in [-0.2, 0) is 9.53 Å². The average Bonchev–Trinajstić information content (AvgIpc) is 2.88. The van der Waals surface area contributed by atoms with Crippen LogP contribution in [0.15, 0.2) is 0 Å². The molecule has 2 rings (SSSR count). The van der Waals surface area contributed by atoms with Crippen molar-refractivity contribution in [3.05, 3.63) is 5.82 Å². The fraction of sp³-hybridized carbons (Fsp3) is 0.769. The number of esters is 1. The molecule has 0 radical (unpaired) electrons. The van der Waals surface area contributed by atoms with E-state index in [1.165, 1.54) is 7.11 Å². The number of aromatic amines is 1. The van der Waals surface area contributed by atoms with Crippen LogP contribution in [-0.4, -0.2) is 40.7 Å². The number of H-pyrrole nitrogens is 1. The fourth-order valence-electron chi connectivity index (χ4n) is 2.26. The van der Waals surface area contributed by atoms with E-state index in [2.05, 4.69) is 25.2 Å². The lowest BCUT2D eigenvalue weighted by Crippen LogP contribution is -2.34. The van der Waals surface area contributed by atoms with Crippen LogP contribution in [0.25, 0.3) is 0 Å². The van der Waals surface area contributed by atoms with Gasteiger partial charge in [-0.05, 0) is 12.8 Å². The van der Waals surface area contributed by atoms with Gasteiger partial charge in [0, 0.05) is 31.7 Å². The SMILES string of the molecule is COC(=O)CCCCCNc1n[nH]c(C2CC(F)(F)C2)n1. The molecule has 2 N–H and O–H groups in total. The van der Waals surface area contributed by atoms with Crippen LogP contribution in [0, 0.1) is 0 Å². The van der Waals surface area contributed by atoms with Gasteiger partial charge in [-0.15, -0.1) is 5.10 Å². The van der Waals surface area contributed by atoms with Crippen molar-refractivity contribution in [2.45, 2.75) is 50.4 Å². The summed E-state index contributed by atoms with van der Waals surface area (Å²) in [6, 6.07) is 0. The molecular formula is C13H20F2N4O2. The summed E-state index contributed by atoms with van der Waals surface area (Å²) in [6.45, 7) is 0.680. The lowest BCUT2D eigenvalue weighted by atomic mass is 9.81. The second-order valence-corrected chi connectivity index (χ2v) is 5.32. The number of nitrogens with zero attached hydrogens (tertiary/aromatic N) is 2. The van der Waals surface area contributed by atoms with Crippen molar-refractivity contribution in [1.82, 2.24) is 15.2 Å². The Kier molecular flexibility index (Phi) is 5.08. The molecule has 1 aromatic rings. The highest BCUT2D eigenvalue weighted by Gasteiger charge is 2.47. The molecule has 1 heterocycles. The molecule has 6 nitrogen and oxygen atoms in total. The van der Waals surface area contributed by atoms with Crippen molar-refractivity contribution < 1.29 is 18.3 Å². The van der Waals surface area contributed by atoms with Crippen LogP contribution in [0.4, 0.5) is 14.7 Å². The molecule has 0 atom stereocenters. The molecule has 1 aromatic heterocycles. The average molecular weight is 302 g/mol. The van der Waals surface area contributed by atoms with E-state index in [-0.39, 0.29) is 24.7 Å². The van der Waals surface area contributed by atoms with Crippen molar-refractivity contribution in [2.75, 3.05) is 19.0 Å². The number of nitrogens with one attached hydrogen (secondary N) is 2. The normalized spacial score (nSPS) is 17.3. The first-order valence-electron chi connectivity index (χ1n) is 7.11. The molecule has 21 heavy (non-hydrogen) atoms. The number of unbranched alkanes of at least 4 members (excludes halogenated alkanes) is 2. The first kappa shape index (κ1) is 15.7. The van der Waals surface area contributed by atoms with Gasteiger partial charge in [-0.25, -0.2) is 8.78 Å². The van der Waals surface area contributed by atoms with Gasteiger partial charge >= 0.3 is 5.97 Å². The molecule has 1 fully saturated rings. The third-order valence-electron chi connectivity index (χ3n) is 3.55. The van der Waals surface area contributed by atoms with E-state index in [1.807, 2.05) is 0 Å². The van der Waals surface area contributed by atoms with Crippen molar-refractivity contribution in [2.24, 2.45) is 0 Å². The Morgan fingerprint density at radius 2 is 2.19 bits per heavy atom. The highest BCUT2D eigenvalue weighted by molar-refractivity contribution is 5.68. The van der Waals surface area contributed by atoms with Crippen molar-refractivity contribution in [3.63, 3.8) is 0 Å². The lowest BCUT2D eigenvalue weighted by Gasteiger charge is -2.33. The van der Waals surface area contributed by atoms with Crippen molar-refractivity contribution in [3.8, 4) is 0 Å². The summed E-state index contributed by atoms with van der Waals surface area (Å²) >= 11 is 0. The summed E-state index contributed by atoms with van der Waals surface area (Å²) in [5.41, 5.74) is 0. The monoisotopic (exact) mass is 302 g/mol. The van der Waals surface area contributed by atoms with Crippen LogP contribution in [0.3, 0.4) is 0 Å². The van der Waals surface area contributed by atoms with Gasteiger partial charge in [0.15, 0.2) is 0 Å². The quantitative estimate of drug-likeness (QED) is 0.569. The summed E-state index contributed by atoms with van der Waals surface area (Å²) in [5.74, 6) is -2.01. The van der Waals surface area contributed by atoms with Gasteiger partial charge in [-0.3, -0.25) is 9.89 Å². The van der Waals surface area contributed by atoms with E-state index < -0.39 is 5.92 Å². The maximum absolute atomic E-state index is 12.8. The molecule has 0 amide bonds. The topological polar surface area (TPSA) is 79.9 Å². The zero-order valence-electron chi connectivity index (χ0n) is 12.0. The summed E-state index contributed by atoms with van der Waals surface area (Å²) in [6.07, 6.45) is 2.67. The standard InChI is InChI=1S/C13H20F2N4O2/c1-21-10(20)5-3-2-4-6-16-12-17-11(18-19-12)9-7-13(14,15)8-9/h9H,2-8H2,1H3,(H2,16,17,18,19). The molecule has 0 saturated heterocycles. The van der Waals surface area contributed by atoms with Crippen LogP contribution in [0.2, 0.25) is 0 Å². The van der Waals surface area contributed by atoms with E-state index in [0.717, 1.165) is 19.3 Å². The Morgan fingerprint density at radius 3 is 2.86 bits per heavy atom. The highest BCUT2D eigenvalue weighted by Crippen LogP contribution is 2.47. The Balaban J connectivity index is 1.59. The number of hydrogen-bond acceptors (Lipinski definition) is 5. The zero-order valence-corrected chi connectivity index (χ0v) is 12.0. The predicted octanol–water partition coefficient (Wildman–Crippen LogP) is 2.46. The predicted molar refractivity (Wildman–Crippen MR) is 72.3 cm³/mol. The first-order valence-corrected chi connectivity index (χ1v) is 7.11. The van der Waals surface area contributed by atoms with Gasteiger partial charge in [0.2, 0.25) is 11.9 Å². The number of ether oxygens (including phenoxy) is 1. The van der Waals surface area contributed by atoms with E-state index >= 15 is 0 Å². The van der Waals surface area contributed by atoms with Gasteiger partial charge in [-0.2, -0.15) is 4.98 Å². The Labute approximate surface area is 121 Å². The third kappa shape index (κ3) is 4.64. The Hall–Kier alpha value is -1.73. The van der Waals surface area contributed by atoms with Crippen LogP contribution < -0.4 is 5.32 Å².